The molecule has 1 fully saturated rings. The molecule has 0 atom stereocenters. The van der Waals surface area contributed by atoms with Gasteiger partial charge in [-0.1, -0.05) is 43.2 Å². The second kappa shape index (κ2) is 9.34. The Hall–Kier alpha value is -2.80. The Bertz CT molecular complexity index is 1040. The number of fused-ring (bicyclic) bond motifs is 1. The normalized spacial score (nSPS) is 14.6. The van der Waals surface area contributed by atoms with Gasteiger partial charge in [0.15, 0.2) is 0 Å². The van der Waals surface area contributed by atoms with Crippen molar-refractivity contribution in [1.82, 2.24) is 9.47 Å². The molecule has 0 N–H and O–H groups in total. The van der Waals surface area contributed by atoms with Crippen molar-refractivity contribution in [2.45, 2.75) is 37.1 Å². The minimum Gasteiger partial charge on any atom is -0.342 e. The van der Waals surface area contributed by atoms with Crippen molar-refractivity contribution in [2.24, 2.45) is 0 Å². The molecule has 0 bridgehead atoms. The number of carbonyl (C=O) groups is 1. The van der Waals surface area contributed by atoms with Crippen LogP contribution in [0.2, 0.25) is 0 Å². The zero-order valence-electron chi connectivity index (χ0n) is 16.8. The number of non-ortho nitro benzene ring substituents is 1. The van der Waals surface area contributed by atoms with Crippen molar-refractivity contribution < 1.29 is 9.72 Å². The molecule has 1 saturated heterocycles. The summed E-state index contributed by atoms with van der Waals surface area (Å²) in [5, 5.41) is 12.0. The number of likely N-dealkylation sites (tertiary alicyclic amines) is 1. The molecule has 0 radical (unpaired) electrons. The monoisotopic (exact) mass is 423 g/mol. The molecule has 2 aromatic carbocycles. The molecule has 1 aliphatic rings. The Balaban J connectivity index is 1.50. The van der Waals surface area contributed by atoms with E-state index in [0.29, 0.717) is 12.3 Å². The summed E-state index contributed by atoms with van der Waals surface area (Å²) in [6.07, 6.45) is 6.72. The molecule has 0 unspecified atom stereocenters. The number of thioether (sulfide) groups is 1. The lowest BCUT2D eigenvalue weighted by Crippen LogP contribution is -2.33. The van der Waals surface area contributed by atoms with Crippen molar-refractivity contribution in [3.63, 3.8) is 0 Å². The zero-order chi connectivity index (χ0) is 20.9. The quantitative estimate of drug-likeness (QED) is 0.314. The summed E-state index contributed by atoms with van der Waals surface area (Å²) in [4.78, 5) is 26.3. The third-order valence-electron chi connectivity index (χ3n) is 5.56. The van der Waals surface area contributed by atoms with Gasteiger partial charge in [0.2, 0.25) is 5.91 Å². The van der Waals surface area contributed by atoms with Gasteiger partial charge in [0.25, 0.3) is 5.69 Å². The van der Waals surface area contributed by atoms with Gasteiger partial charge < -0.3 is 9.47 Å². The molecule has 1 aliphatic heterocycles. The van der Waals surface area contributed by atoms with Gasteiger partial charge in [-0.2, -0.15) is 0 Å². The van der Waals surface area contributed by atoms with Crippen LogP contribution in [0.15, 0.2) is 59.6 Å². The Morgan fingerprint density at radius 2 is 1.70 bits per heavy atom. The largest absolute Gasteiger partial charge is 0.342 e. The number of rotatable bonds is 6. The second-order valence-electron chi connectivity index (χ2n) is 7.65. The fourth-order valence-electron chi connectivity index (χ4n) is 3.93. The van der Waals surface area contributed by atoms with E-state index in [-0.39, 0.29) is 16.5 Å². The summed E-state index contributed by atoms with van der Waals surface area (Å²) in [7, 11) is 0. The van der Waals surface area contributed by atoms with Crippen molar-refractivity contribution in [2.75, 3.05) is 18.8 Å². The maximum atomic E-state index is 12.7. The van der Waals surface area contributed by atoms with Crippen LogP contribution in [0, 0.1) is 10.1 Å². The van der Waals surface area contributed by atoms with Gasteiger partial charge in [-0.25, -0.2) is 0 Å². The second-order valence-corrected chi connectivity index (χ2v) is 8.66. The molecule has 7 heteroatoms. The average Bonchev–Trinajstić information content (AvgIpc) is 2.93. The number of para-hydroxylation sites is 1. The summed E-state index contributed by atoms with van der Waals surface area (Å²) in [6, 6.07) is 14.8. The molecule has 0 saturated carbocycles. The predicted octanol–water partition coefficient (Wildman–Crippen LogP) is 5.09. The molecule has 156 valence electrons. The first-order valence-corrected chi connectivity index (χ1v) is 11.3. The van der Waals surface area contributed by atoms with Crippen molar-refractivity contribution >= 4 is 34.3 Å². The van der Waals surface area contributed by atoms with Crippen molar-refractivity contribution in [3.8, 4) is 0 Å². The average molecular weight is 424 g/mol. The van der Waals surface area contributed by atoms with Gasteiger partial charge in [-0.3, -0.25) is 14.9 Å². The molecule has 1 aromatic heterocycles. The molecule has 2 heterocycles. The van der Waals surface area contributed by atoms with Crippen LogP contribution in [-0.2, 0) is 11.3 Å². The van der Waals surface area contributed by atoms with Gasteiger partial charge >= 0.3 is 0 Å². The molecule has 0 aliphatic carbocycles. The van der Waals surface area contributed by atoms with E-state index in [0.717, 1.165) is 47.3 Å². The highest BCUT2D eigenvalue weighted by molar-refractivity contribution is 8.00. The van der Waals surface area contributed by atoms with E-state index in [4.69, 9.17) is 0 Å². The minimum atomic E-state index is -0.384. The number of hydrogen-bond acceptors (Lipinski definition) is 4. The van der Waals surface area contributed by atoms with E-state index >= 15 is 0 Å². The molecule has 0 spiro atoms. The number of nitro groups is 1. The Kier molecular flexibility index (Phi) is 6.38. The predicted molar refractivity (Wildman–Crippen MR) is 120 cm³/mol. The first-order chi connectivity index (χ1) is 14.6. The van der Waals surface area contributed by atoms with Crippen LogP contribution in [-0.4, -0.2) is 39.1 Å². The maximum Gasteiger partial charge on any atom is 0.269 e. The van der Waals surface area contributed by atoms with E-state index in [2.05, 4.69) is 22.9 Å². The molecular formula is C23H25N3O3S. The van der Waals surface area contributed by atoms with Crippen molar-refractivity contribution in [1.29, 1.82) is 0 Å². The lowest BCUT2D eigenvalue weighted by molar-refractivity contribution is -0.384. The number of benzene rings is 2. The maximum absolute atomic E-state index is 12.7. The number of aromatic nitrogens is 1. The summed E-state index contributed by atoms with van der Waals surface area (Å²) < 4.78 is 2.15. The van der Waals surface area contributed by atoms with E-state index in [1.165, 1.54) is 25.0 Å². The highest BCUT2D eigenvalue weighted by Crippen LogP contribution is 2.31. The molecule has 4 rings (SSSR count). The summed E-state index contributed by atoms with van der Waals surface area (Å²) in [6.45, 7) is 2.38. The summed E-state index contributed by atoms with van der Waals surface area (Å²) >= 11 is 1.59. The molecular weight excluding hydrogens is 398 g/mol. The van der Waals surface area contributed by atoms with Gasteiger partial charge in [0.05, 0.1) is 10.7 Å². The number of nitro benzene ring substituents is 1. The molecule has 6 nitrogen and oxygen atoms in total. The van der Waals surface area contributed by atoms with Crippen LogP contribution < -0.4 is 0 Å². The lowest BCUT2D eigenvalue weighted by Gasteiger charge is -2.19. The van der Waals surface area contributed by atoms with Gasteiger partial charge in [0, 0.05) is 53.8 Å². The van der Waals surface area contributed by atoms with Crippen LogP contribution >= 0.6 is 11.8 Å². The van der Waals surface area contributed by atoms with Crippen LogP contribution in [0.3, 0.4) is 0 Å². The van der Waals surface area contributed by atoms with Crippen LogP contribution in [0.25, 0.3) is 10.9 Å². The van der Waals surface area contributed by atoms with E-state index in [1.54, 1.807) is 23.9 Å². The van der Waals surface area contributed by atoms with E-state index in [9.17, 15) is 14.9 Å². The summed E-state index contributed by atoms with van der Waals surface area (Å²) in [5.74, 6) is 0.667. The fraction of sp³-hybridized carbons (Fsp3) is 0.348. The van der Waals surface area contributed by atoms with Gasteiger partial charge in [-0.05, 0) is 24.5 Å². The van der Waals surface area contributed by atoms with Crippen LogP contribution in [0.4, 0.5) is 5.69 Å². The number of carbonyl (C=O) groups excluding carboxylic acids is 1. The first-order valence-electron chi connectivity index (χ1n) is 10.3. The Morgan fingerprint density at radius 1 is 1.00 bits per heavy atom. The SMILES string of the molecule is O=C(CSc1cn(Cc2ccc([N+](=O)[O-])cc2)c2ccccc12)N1CCCCCC1. The molecule has 30 heavy (non-hydrogen) atoms. The Morgan fingerprint density at radius 3 is 2.40 bits per heavy atom. The van der Waals surface area contributed by atoms with Gasteiger partial charge in [-0.15, -0.1) is 11.8 Å². The Labute approximate surface area is 180 Å². The van der Waals surface area contributed by atoms with E-state index < -0.39 is 0 Å². The standard InChI is InChI=1S/C23H25N3O3S/c27-23(24-13-5-1-2-6-14-24)17-30-22-16-25(21-8-4-3-7-20(21)22)15-18-9-11-19(12-10-18)26(28)29/h3-4,7-12,16H,1-2,5-6,13-15,17H2. The first kappa shape index (κ1) is 20.5. The van der Waals surface area contributed by atoms with Crippen molar-refractivity contribution in [3.05, 3.63) is 70.4 Å². The van der Waals surface area contributed by atoms with E-state index in [1.807, 2.05) is 17.0 Å². The molecule has 3 aromatic rings. The third-order valence-corrected chi connectivity index (χ3v) is 6.59. The van der Waals surface area contributed by atoms with Gasteiger partial charge in [0.1, 0.15) is 0 Å². The fourth-order valence-corrected chi connectivity index (χ4v) is 4.92. The highest BCUT2D eigenvalue weighted by Gasteiger charge is 2.17. The topological polar surface area (TPSA) is 68.4 Å². The third kappa shape index (κ3) is 4.67. The molecule has 1 amide bonds. The number of nitrogens with zero attached hydrogens (tertiary/aromatic N) is 3. The lowest BCUT2D eigenvalue weighted by atomic mass is 10.2. The minimum absolute atomic E-state index is 0.0967. The van der Waals surface area contributed by atoms with Crippen LogP contribution in [0.5, 0.6) is 0 Å². The number of hydrogen-bond donors (Lipinski definition) is 0. The number of amides is 1. The zero-order valence-corrected chi connectivity index (χ0v) is 17.6. The van der Waals surface area contributed by atoms with Crippen LogP contribution in [0.1, 0.15) is 31.2 Å². The highest BCUT2D eigenvalue weighted by atomic mass is 32.2. The smallest absolute Gasteiger partial charge is 0.269 e. The summed E-state index contributed by atoms with van der Waals surface area (Å²) in [5.41, 5.74) is 2.19.